The summed E-state index contributed by atoms with van der Waals surface area (Å²) in [6, 6.07) is 12.9. The van der Waals surface area contributed by atoms with Crippen LogP contribution in [0, 0.1) is 11.6 Å². The Hall–Kier alpha value is -3.69. The average Bonchev–Trinajstić information content (AvgIpc) is 3.38. The van der Waals surface area contributed by atoms with Crippen LogP contribution in [0.5, 0.6) is 5.75 Å². The summed E-state index contributed by atoms with van der Waals surface area (Å²) in [5.41, 5.74) is 1.48. The monoisotopic (exact) mass is 631 g/mol. The fourth-order valence-corrected chi connectivity index (χ4v) is 5.00. The van der Waals surface area contributed by atoms with Gasteiger partial charge >= 0.3 is 33.4 Å². The summed E-state index contributed by atoms with van der Waals surface area (Å²) in [4.78, 5) is 4.40. The van der Waals surface area contributed by atoms with Crippen LogP contribution in [0.15, 0.2) is 71.7 Å². The van der Waals surface area contributed by atoms with Crippen LogP contribution in [-0.2, 0) is 10.1 Å². The van der Waals surface area contributed by atoms with Gasteiger partial charge in [-0.05, 0) is 53.8 Å². The van der Waals surface area contributed by atoms with E-state index in [1.807, 2.05) is 0 Å². The predicted molar refractivity (Wildman–Crippen MR) is 127 cm³/mol. The molecule has 4 rings (SSSR count). The Kier molecular flexibility index (Phi) is 7.84. The first-order valence-corrected chi connectivity index (χ1v) is 13.1. The molecule has 0 amide bonds. The zero-order valence-corrected chi connectivity index (χ0v) is 21.4. The summed E-state index contributed by atoms with van der Waals surface area (Å²) < 4.78 is 173. The second-order valence-corrected chi connectivity index (χ2v) is 10.7. The van der Waals surface area contributed by atoms with Gasteiger partial charge in [0.1, 0.15) is 17.4 Å². The molecular weight excluding hydrogens is 615 g/mol. The Balaban J connectivity index is 1.50. The molecule has 1 heterocycles. The molecule has 16 heteroatoms. The van der Waals surface area contributed by atoms with Crippen LogP contribution < -0.4 is 4.18 Å². The lowest BCUT2D eigenvalue weighted by Gasteiger charge is -2.32. The molecule has 1 aliphatic rings. The molecule has 0 saturated carbocycles. The van der Waals surface area contributed by atoms with Crippen LogP contribution in [0.2, 0.25) is 0 Å². The molecule has 0 fully saturated rings. The van der Waals surface area contributed by atoms with E-state index in [-0.39, 0.29) is 11.3 Å². The van der Waals surface area contributed by atoms with Crippen LogP contribution in [0.4, 0.5) is 48.3 Å². The first kappa shape index (κ1) is 31.3. The number of rotatable bonds is 8. The van der Waals surface area contributed by atoms with E-state index in [9.17, 15) is 56.7 Å². The number of benzene rings is 3. The lowest BCUT2D eigenvalue weighted by molar-refractivity contribution is -0.382. The molecule has 1 unspecified atom stereocenters. The van der Waals surface area contributed by atoms with Crippen LogP contribution in [0.3, 0.4) is 0 Å². The van der Waals surface area contributed by atoms with Crippen molar-refractivity contribution < 1.29 is 60.9 Å². The van der Waals surface area contributed by atoms with Gasteiger partial charge in [-0.3, -0.25) is 4.99 Å². The van der Waals surface area contributed by atoms with Crippen molar-refractivity contribution in [3.05, 3.63) is 89.5 Å². The maximum absolute atomic E-state index is 14.1. The number of alkyl halides is 9. The molecule has 4 nitrogen and oxygen atoms in total. The Morgan fingerprint density at radius 2 is 1.21 bits per heavy atom. The van der Waals surface area contributed by atoms with Crippen molar-refractivity contribution in [3.8, 4) is 16.9 Å². The Morgan fingerprint density at radius 1 is 0.714 bits per heavy atom. The van der Waals surface area contributed by atoms with Gasteiger partial charge in [0.25, 0.3) is 0 Å². The lowest BCUT2D eigenvalue weighted by Crippen LogP contribution is -2.63. The second kappa shape index (κ2) is 10.5. The van der Waals surface area contributed by atoms with Gasteiger partial charge in [-0.25, -0.2) is 8.78 Å². The molecular formula is C26H16F11NO3S. The molecule has 0 N–H and O–H groups in total. The Bertz CT molecular complexity index is 1580. The quantitative estimate of drug-likeness (QED) is 0.187. The fraction of sp³-hybridized carbons (Fsp3) is 0.269. The van der Waals surface area contributed by atoms with Gasteiger partial charge in [0.15, 0.2) is 0 Å². The molecule has 0 radical (unpaired) electrons. The maximum atomic E-state index is 14.1. The van der Waals surface area contributed by atoms with E-state index in [0.29, 0.717) is 41.7 Å². The molecule has 0 aliphatic carbocycles. The van der Waals surface area contributed by atoms with Crippen molar-refractivity contribution in [3.63, 3.8) is 0 Å². The third-order valence-electron chi connectivity index (χ3n) is 6.34. The van der Waals surface area contributed by atoms with Gasteiger partial charge in [-0.1, -0.05) is 42.5 Å². The molecule has 1 aliphatic heterocycles. The Labute approximate surface area is 230 Å². The number of aliphatic imine (C=N–C) groups is 1. The van der Waals surface area contributed by atoms with Crippen LogP contribution in [0.25, 0.3) is 11.1 Å². The van der Waals surface area contributed by atoms with Gasteiger partial charge in [-0.2, -0.15) is 47.9 Å². The third kappa shape index (κ3) is 5.31. The van der Waals surface area contributed by atoms with Crippen molar-refractivity contribution in [1.82, 2.24) is 0 Å². The lowest BCUT2D eigenvalue weighted by atomic mass is 9.99. The minimum atomic E-state index is -7.41. The van der Waals surface area contributed by atoms with Crippen LogP contribution in [-0.4, -0.2) is 37.4 Å². The summed E-state index contributed by atoms with van der Waals surface area (Å²) in [5, 5.41) is -6.98. The van der Waals surface area contributed by atoms with Gasteiger partial charge in [-0.15, -0.1) is 0 Å². The molecule has 0 bridgehead atoms. The number of halogens is 11. The predicted octanol–water partition coefficient (Wildman–Crippen LogP) is 8.09. The molecule has 0 saturated heterocycles. The van der Waals surface area contributed by atoms with Crippen molar-refractivity contribution in [2.24, 2.45) is 4.99 Å². The summed E-state index contributed by atoms with van der Waals surface area (Å²) in [5.74, 6) is -17.4. The highest BCUT2D eigenvalue weighted by Crippen LogP contribution is 2.55. The molecule has 226 valence electrons. The van der Waals surface area contributed by atoms with E-state index in [2.05, 4.69) is 9.18 Å². The smallest absolute Gasteiger partial charge is 0.378 e. The van der Waals surface area contributed by atoms with Gasteiger partial charge in [0.05, 0.1) is 11.6 Å². The zero-order valence-electron chi connectivity index (χ0n) is 20.6. The number of hydrogen-bond acceptors (Lipinski definition) is 4. The largest absolute Gasteiger partial charge is 0.460 e. The van der Waals surface area contributed by atoms with Gasteiger partial charge in [0, 0.05) is 5.71 Å². The molecule has 42 heavy (non-hydrogen) atoms. The van der Waals surface area contributed by atoms with Gasteiger partial charge < -0.3 is 4.18 Å². The minimum Gasteiger partial charge on any atom is -0.378 e. The second-order valence-electron chi connectivity index (χ2n) is 9.07. The highest BCUT2D eigenvalue weighted by atomic mass is 32.2. The van der Waals surface area contributed by atoms with Crippen LogP contribution in [0.1, 0.15) is 30.0 Å². The fourth-order valence-electron chi connectivity index (χ4n) is 4.09. The zero-order chi connectivity index (χ0) is 31.3. The van der Waals surface area contributed by atoms with Crippen molar-refractivity contribution >= 4 is 15.8 Å². The van der Waals surface area contributed by atoms with E-state index in [1.165, 1.54) is 6.07 Å². The first-order valence-electron chi connectivity index (χ1n) is 11.7. The maximum Gasteiger partial charge on any atom is 0.460 e. The first-order chi connectivity index (χ1) is 19.3. The van der Waals surface area contributed by atoms with E-state index in [0.717, 1.165) is 24.3 Å². The summed E-state index contributed by atoms with van der Waals surface area (Å²) >= 11 is 0. The highest BCUT2D eigenvalue weighted by Gasteiger charge is 2.86. The van der Waals surface area contributed by atoms with Crippen molar-refractivity contribution in [1.29, 1.82) is 0 Å². The summed E-state index contributed by atoms with van der Waals surface area (Å²) in [6.45, 7) is 0. The normalized spacial score (nSPS) is 16.8. The molecule has 3 aromatic carbocycles. The van der Waals surface area contributed by atoms with Crippen molar-refractivity contribution in [2.75, 3.05) is 0 Å². The highest BCUT2D eigenvalue weighted by molar-refractivity contribution is 7.88. The SMILES string of the molecule is O=S(=O)(Oc1ccc(-c2ccc(C3CCC(c4c(F)cccc4F)=N3)cc2)cc1)C(F)(F)C(F)(F)C(F)(F)C(F)(F)F. The molecule has 0 spiro atoms. The van der Waals surface area contributed by atoms with E-state index >= 15 is 0 Å². The Morgan fingerprint density at radius 3 is 1.71 bits per heavy atom. The minimum absolute atomic E-state index is 0.212. The number of nitrogens with zero attached hydrogens (tertiary/aromatic N) is 1. The van der Waals surface area contributed by atoms with Gasteiger partial charge in [0.2, 0.25) is 0 Å². The standard InChI is InChI=1S/C26H16F11NO3S/c27-18-2-1-3-19(28)22(18)21-13-12-20(38-21)16-6-4-14(5-7-16)15-8-10-17(11-9-15)41-42(39,40)26(36,37)24(31,32)23(29,30)25(33,34)35/h1-11,20H,12-13H2. The molecule has 0 aromatic heterocycles. The van der Waals surface area contributed by atoms with E-state index < -0.39 is 56.8 Å². The third-order valence-corrected chi connectivity index (χ3v) is 7.63. The van der Waals surface area contributed by atoms with Crippen molar-refractivity contribution in [2.45, 2.75) is 42.2 Å². The molecule has 1 atom stereocenters. The molecule has 3 aromatic rings. The summed E-state index contributed by atoms with van der Waals surface area (Å²) in [6.07, 6.45) is -6.42. The van der Waals surface area contributed by atoms with Crippen LogP contribution >= 0.6 is 0 Å². The topological polar surface area (TPSA) is 55.7 Å². The average molecular weight is 631 g/mol. The summed E-state index contributed by atoms with van der Waals surface area (Å²) in [7, 11) is -7.06. The van der Waals surface area contributed by atoms with E-state index in [4.69, 9.17) is 0 Å². The number of hydrogen-bond donors (Lipinski definition) is 0. The van der Waals surface area contributed by atoms with E-state index in [1.54, 1.807) is 24.3 Å².